The van der Waals surface area contributed by atoms with Crippen LogP contribution in [0.5, 0.6) is 0 Å². The van der Waals surface area contributed by atoms with E-state index in [0.29, 0.717) is 0 Å². The van der Waals surface area contributed by atoms with Crippen molar-refractivity contribution in [2.45, 2.75) is 0 Å². The number of nitrogens with two attached hydrogens (primary N) is 1. The van der Waals surface area contributed by atoms with Crippen molar-refractivity contribution in [1.29, 1.82) is 0 Å². The summed E-state index contributed by atoms with van der Waals surface area (Å²) in [7, 11) is 0. The second-order valence-electron chi connectivity index (χ2n) is 5.63. The Morgan fingerprint density at radius 1 is 0.750 bits per heavy atom. The largest absolute Gasteiger partial charge is 0.399 e. The highest BCUT2D eigenvalue weighted by atomic mass is 15.1. The van der Waals surface area contributed by atoms with Crippen LogP contribution < -0.4 is 5.73 Å². The number of hydrogen-bond donors (Lipinski definition) is 1. The molecule has 0 aliphatic heterocycles. The minimum atomic E-state index is 0.754. The van der Waals surface area contributed by atoms with E-state index in [1.807, 2.05) is 66.7 Å². The van der Waals surface area contributed by atoms with E-state index in [2.05, 4.69) is 28.8 Å². The van der Waals surface area contributed by atoms with Gasteiger partial charge < -0.3 is 5.73 Å². The van der Waals surface area contributed by atoms with Crippen LogP contribution in [-0.4, -0.2) is 9.55 Å². The van der Waals surface area contributed by atoms with E-state index in [1.165, 1.54) is 0 Å². The standard InChI is InChI=1S/C21H17N3/c22-17-11-13-18(14-12-17)24-20-9-5-4-8-19(20)23-21(24)15-10-16-6-2-1-3-7-16/h1-15H,22H2/b15-10+. The van der Waals surface area contributed by atoms with Crippen molar-refractivity contribution in [3.8, 4) is 5.69 Å². The first-order valence-corrected chi connectivity index (χ1v) is 7.88. The van der Waals surface area contributed by atoms with E-state index in [0.717, 1.165) is 33.8 Å². The third-order valence-corrected chi connectivity index (χ3v) is 3.96. The van der Waals surface area contributed by atoms with Crippen LogP contribution in [0.3, 0.4) is 0 Å². The summed E-state index contributed by atoms with van der Waals surface area (Å²) in [4.78, 5) is 4.77. The first-order chi connectivity index (χ1) is 11.8. The van der Waals surface area contributed by atoms with Crippen LogP contribution in [-0.2, 0) is 0 Å². The van der Waals surface area contributed by atoms with E-state index >= 15 is 0 Å². The summed E-state index contributed by atoms with van der Waals surface area (Å²) in [6.07, 6.45) is 4.13. The number of nitrogens with zero attached hydrogens (tertiary/aromatic N) is 2. The summed E-state index contributed by atoms with van der Waals surface area (Å²) in [6.45, 7) is 0. The molecule has 116 valence electrons. The smallest absolute Gasteiger partial charge is 0.138 e. The number of fused-ring (bicyclic) bond motifs is 1. The van der Waals surface area contributed by atoms with Gasteiger partial charge in [-0.25, -0.2) is 4.98 Å². The Kier molecular flexibility index (Phi) is 3.60. The Labute approximate surface area is 140 Å². The highest BCUT2D eigenvalue weighted by Gasteiger charge is 2.09. The number of para-hydroxylation sites is 2. The number of rotatable bonds is 3. The molecule has 3 heteroatoms. The zero-order valence-electron chi connectivity index (χ0n) is 13.1. The first-order valence-electron chi connectivity index (χ1n) is 7.88. The topological polar surface area (TPSA) is 43.8 Å². The normalized spacial score (nSPS) is 11.3. The van der Waals surface area contributed by atoms with Crippen molar-refractivity contribution >= 4 is 28.9 Å². The Morgan fingerprint density at radius 2 is 1.46 bits per heavy atom. The maximum Gasteiger partial charge on any atom is 0.138 e. The van der Waals surface area contributed by atoms with Crippen LogP contribution >= 0.6 is 0 Å². The van der Waals surface area contributed by atoms with Crippen LogP contribution in [0.1, 0.15) is 11.4 Å². The molecular weight excluding hydrogens is 294 g/mol. The molecule has 2 N–H and O–H groups in total. The number of anilines is 1. The zero-order valence-corrected chi connectivity index (χ0v) is 13.1. The van der Waals surface area contributed by atoms with Gasteiger partial charge in [0.2, 0.25) is 0 Å². The second-order valence-corrected chi connectivity index (χ2v) is 5.63. The fraction of sp³-hybridized carbons (Fsp3) is 0. The first kappa shape index (κ1) is 14.3. The lowest BCUT2D eigenvalue weighted by Gasteiger charge is -2.07. The lowest BCUT2D eigenvalue weighted by atomic mass is 10.2. The Hall–Kier alpha value is -3.33. The maximum atomic E-state index is 5.83. The minimum absolute atomic E-state index is 0.754. The fourth-order valence-corrected chi connectivity index (χ4v) is 2.79. The number of nitrogen functional groups attached to an aromatic ring is 1. The molecule has 3 aromatic carbocycles. The van der Waals surface area contributed by atoms with Gasteiger partial charge in [0.05, 0.1) is 11.0 Å². The fourth-order valence-electron chi connectivity index (χ4n) is 2.79. The quantitative estimate of drug-likeness (QED) is 0.553. The van der Waals surface area contributed by atoms with Crippen LogP contribution in [0, 0.1) is 0 Å². The van der Waals surface area contributed by atoms with Crippen molar-refractivity contribution in [2.24, 2.45) is 0 Å². The molecule has 0 bridgehead atoms. The molecule has 0 saturated heterocycles. The molecule has 1 aromatic heterocycles. The third kappa shape index (κ3) is 2.68. The number of imidazole rings is 1. The summed E-state index contributed by atoms with van der Waals surface area (Å²) < 4.78 is 2.15. The Bertz CT molecular complexity index is 996. The van der Waals surface area contributed by atoms with Crippen molar-refractivity contribution in [3.63, 3.8) is 0 Å². The van der Waals surface area contributed by atoms with E-state index in [4.69, 9.17) is 10.7 Å². The second kappa shape index (κ2) is 6.05. The predicted octanol–water partition coefficient (Wildman–Crippen LogP) is 4.78. The molecule has 0 aliphatic rings. The van der Waals surface area contributed by atoms with Crippen molar-refractivity contribution in [2.75, 3.05) is 5.73 Å². The lowest BCUT2D eigenvalue weighted by Crippen LogP contribution is -1.97. The third-order valence-electron chi connectivity index (χ3n) is 3.96. The molecule has 0 saturated carbocycles. The molecule has 0 unspecified atom stereocenters. The van der Waals surface area contributed by atoms with Gasteiger partial charge in [0.25, 0.3) is 0 Å². The van der Waals surface area contributed by atoms with Gasteiger partial charge >= 0.3 is 0 Å². The van der Waals surface area contributed by atoms with Gasteiger partial charge in [-0.05, 0) is 48.0 Å². The van der Waals surface area contributed by atoms with Gasteiger partial charge in [0.1, 0.15) is 5.82 Å². The van der Waals surface area contributed by atoms with Crippen LogP contribution in [0.2, 0.25) is 0 Å². The summed E-state index contributed by atoms with van der Waals surface area (Å²) in [6, 6.07) is 26.2. The summed E-state index contributed by atoms with van der Waals surface area (Å²) in [5, 5.41) is 0. The summed E-state index contributed by atoms with van der Waals surface area (Å²) >= 11 is 0. The number of aromatic nitrogens is 2. The molecule has 0 spiro atoms. The molecule has 3 nitrogen and oxygen atoms in total. The highest BCUT2D eigenvalue weighted by molar-refractivity contribution is 5.82. The molecule has 1 heterocycles. The van der Waals surface area contributed by atoms with E-state index in [-0.39, 0.29) is 0 Å². The molecule has 4 rings (SSSR count). The van der Waals surface area contributed by atoms with E-state index in [9.17, 15) is 0 Å². The molecule has 0 amide bonds. The lowest BCUT2D eigenvalue weighted by molar-refractivity contribution is 1.07. The van der Waals surface area contributed by atoms with Crippen LogP contribution in [0.4, 0.5) is 5.69 Å². The van der Waals surface area contributed by atoms with Gasteiger partial charge in [-0.1, -0.05) is 48.5 Å². The maximum absolute atomic E-state index is 5.83. The van der Waals surface area contributed by atoms with Gasteiger partial charge in [-0.2, -0.15) is 0 Å². The molecule has 0 fully saturated rings. The summed E-state index contributed by atoms with van der Waals surface area (Å²) in [5.74, 6) is 0.893. The molecule has 0 radical (unpaired) electrons. The monoisotopic (exact) mass is 311 g/mol. The van der Waals surface area contributed by atoms with Gasteiger partial charge in [-0.15, -0.1) is 0 Å². The molecule has 24 heavy (non-hydrogen) atoms. The molecule has 4 aromatic rings. The molecule has 0 aliphatic carbocycles. The van der Waals surface area contributed by atoms with Crippen molar-refractivity contribution in [3.05, 3.63) is 90.3 Å². The molecule has 0 atom stereocenters. The minimum Gasteiger partial charge on any atom is -0.399 e. The van der Waals surface area contributed by atoms with Crippen LogP contribution in [0.25, 0.3) is 28.9 Å². The Balaban J connectivity index is 1.87. The predicted molar refractivity (Wildman–Crippen MR) is 101 cm³/mol. The van der Waals surface area contributed by atoms with Gasteiger partial charge in [0.15, 0.2) is 0 Å². The van der Waals surface area contributed by atoms with Crippen molar-refractivity contribution < 1.29 is 0 Å². The van der Waals surface area contributed by atoms with E-state index < -0.39 is 0 Å². The van der Waals surface area contributed by atoms with E-state index in [1.54, 1.807) is 0 Å². The average molecular weight is 311 g/mol. The number of hydrogen-bond acceptors (Lipinski definition) is 2. The number of benzene rings is 3. The average Bonchev–Trinajstić information content (AvgIpc) is 3.00. The highest BCUT2D eigenvalue weighted by Crippen LogP contribution is 2.23. The Morgan fingerprint density at radius 3 is 2.25 bits per heavy atom. The zero-order chi connectivity index (χ0) is 16.4. The van der Waals surface area contributed by atoms with Gasteiger partial charge in [0, 0.05) is 11.4 Å². The van der Waals surface area contributed by atoms with Crippen molar-refractivity contribution in [1.82, 2.24) is 9.55 Å². The molecular formula is C21H17N3. The summed E-state index contributed by atoms with van der Waals surface area (Å²) in [5.41, 5.74) is 10.8. The van der Waals surface area contributed by atoms with Gasteiger partial charge in [-0.3, -0.25) is 4.57 Å². The SMILES string of the molecule is Nc1ccc(-n2c(/C=C/c3ccccc3)nc3ccccc32)cc1. The van der Waals surface area contributed by atoms with Crippen LogP contribution in [0.15, 0.2) is 78.9 Å².